The van der Waals surface area contributed by atoms with Crippen LogP contribution < -0.4 is 10.1 Å². The van der Waals surface area contributed by atoms with Crippen LogP contribution in [0, 0.1) is 0 Å². The van der Waals surface area contributed by atoms with Crippen molar-refractivity contribution in [3.05, 3.63) is 48.6 Å². The smallest absolute Gasteiger partial charge is 0.248 e. The Morgan fingerprint density at radius 2 is 2.12 bits per heavy atom. The topological polar surface area (TPSA) is 38.3 Å². The monoisotopic (exact) mass is 231 g/mol. The van der Waals surface area contributed by atoms with Crippen molar-refractivity contribution in [2.75, 3.05) is 11.9 Å². The molecule has 1 aromatic carbocycles. The number of nitrogens with one attached hydrogen (secondary N) is 1. The van der Waals surface area contributed by atoms with Gasteiger partial charge >= 0.3 is 0 Å². The van der Waals surface area contributed by atoms with Crippen LogP contribution in [0.4, 0.5) is 5.69 Å². The number of carbonyl (C=O) groups excluding carboxylic acids is 1. The number of carbonyl (C=O) groups is 1. The summed E-state index contributed by atoms with van der Waals surface area (Å²) in [6, 6.07) is 7.37. The first kappa shape index (κ1) is 13.0. The molecule has 0 fully saturated rings. The number of amides is 1. The summed E-state index contributed by atoms with van der Waals surface area (Å²) in [5, 5.41) is 2.77. The number of benzene rings is 1. The van der Waals surface area contributed by atoms with E-state index >= 15 is 0 Å². The number of para-hydroxylation sites is 2. The Kier molecular flexibility index (Phi) is 5.58. The van der Waals surface area contributed by atoms with Crippen LogP contribution in [-0.2, 0) is 4.79 Å². The van der Waals surface area contributed by atoms with Gasteiger partial charge in [-0.1, -0.05) is 30.4 Å². The predicted octanol–water partition coefficient (Wildman–Crippen LogP) is 3.16. The van der Waals surface area contributed by atoms with E-state index in [4.69, 9.17) is 4.74 Å². The molecular formula is C14H17NO2. The summed E-state index contributed by atoms with van der Waals surface area (Å²) >= 11 is 0. The molecule has 1 rings (SSSR count). The van der Waals surface area contributed by atoms with Crippen molar-refractivity contribution in [3.63, 3.8) is 0 Å². The number of rotatable bonds is 5. The molecule has 3 heteroatoms. The van der Waals surface area contributed by atoms with Crippen molar-refractivity contribution in [3.8, 4) is 5.75 Å². The lowest BCUT2D eigenvalue weighted by molar-refractivity contribution is -0.111. The first-order valence-corrected chi connectivity index (χ1v) is 5.60. The van der Waals surface area contributed by atoms with Gasteiger partial charge in [-0.2, -0.15) is 0 Å². The highest BCUT2D eigenvalue weighted by molar-refractivity contribution is 6.00. The second kappa shape index (κ2) is 7.28. The molecule has 0 heterocycles. The third kappa shape index (κ3) is 4.55. The molecule has 90 valence electrons. The van der Waals surface area contributed by atoms with E-state index in [0.29, 0.717) is 18.0 Å². The Hall–Kier alpha value is -2.03. The van der Waals surface area contributed by atoms with Crippen molar-refractivity contribution in [2.24, 2.45) is 0 Å². The number of anilines is 1. The minimum atomic E-state index is -0.171. The second-order valence-corrected chi connectivity index (χ2v) is 3.30. The normalized spacial score (nSPS) is 10.9. The van der Waals surface area contributed by atoms with Gasteiger partial charge in [-0.3, -0.25) is 4.79 Å². The molecule has 0 unspecified atom stereocenters. The maximum atomic E-state index is 11.6. The molecule has 1 N–H and O–H groups in total. The lowest BCUT2D eigenvalue weighted by atomic mass is 10.3. The summed E-state index contributed by atoms with van der Waals surface area (Å²) in [5.74, 6) is 0.512. The van der Waals surface area contributed by atoms with Crippen molar-refractivity contribution < 1.29 is 9.53 Å². The lowest BCUT2D eigenvalue weighted by Gasteiger charge is -2.09. The van der Waals surface area contributed by atoms with E-state index in [0.717, 1.165) is 0 Å². The lowest BCUT2D eigenvalue weighted by Crippen LogP contribution is -2.09. The zero-order valence-corrected chi connectivity index (χ0v) is 10.1. The predicted molar refractivity (Wildman–Crippen MR) is 70.2 cm³/mol. The van der Waals surface area contributed by atoms with Crippen molar-refractivity contribution in [1.29, 1.82) is 0 Å². The number of hydrogen-bond acceptors (Lipinski definition) is 2. The first-order valence-electron chi connectivity index (χ1n) is 5.60. The van der Waals surface area contributed by atoms with Gasteiger partial charge in [0.05, 0.1) is 12.3 Å². The van der Waals surface area contributed by atoms with Crippen LogP contribution in [-0.4, -0.2) is 12.5 Å². The molecule has 0 atom stereocenters. The molecule has 0 radical (unpaired) electrons. The van der Waals surface area contributed by atoms with Gasteiger partial charge in [0, 0.05) is 6.08 Å². The molecule has 0 aliphatic carbocycles. The van der Waals surface area contributed by atoms with Gasteiger partial charge in [-0.25, -0.2) is 0 Å². The van der Waals surface area contributed by atoms with Crippen LogP contribution >= 0.6 is 0 Å². The van der Waals surface area contributed by atoms with E-state index < -0.39 is 0 Å². The quantitative estimate of drug-likeness (QED) is 0.624. The Bertz CT molecular complexity index is 422. The fraction of sp³-hybridized carbons (Fsp3) is 0.214. The third-order valence-electron chi connectivity index (χ3n) is 2.00. The standard InChI is InChI=1S/C14H17NO2/c1-3-5-6-11-14(16)15-12-9-7-8-10-13(12)17-4-2/h3,5-11H,4H2,1-2H3,(H,15,16)/b5-3+,11-6+. The molecule has 0 saturated heterocycles. The van der Waals surface area contributed by atoms with Crippen molar-refractivity contribution in [1.82, 2.24) is 0 Å². The van der Waals surface area contributed by atoms with Crippen molar-refractivity contribution in [2.45, 2.75) is 13.8 Å². The Morgan fingerprint density at radius 1 is 1.35 bits per heavy atom. The van der Waals surface area contributed by atoms with Crippen LogP contribution in [0.2, 0.25) is 0 Å². The van der Waals surface area contributed by atoms with E-state index in [9.17, 15) is 4.79 Å². The molecule has 1 amide bonds. The molecule has 0 aliphatic heterocycles. The van der Waals surface area contributed by atoms with E-state index in [2.05, 4.69) is 5.32 Å². The Morgan fingerprint density at radius 3 is 2.82 bits per heavy atom. The summed E-state index contributed by atoms with van der Waals surface area (Å²) in [6.45, 7) is 4.37. The molecule has 0 spiro atoms. The zero-order valence-electron chi connectivity index (χ0n) is 10.1. The van der Waals surface area contributed by atoms with E-state index in [1.807, 2.05) is 44.2 Å². The molecule has 17 heavy (non-hydrogen) atoms. The van der Waals surface area contributed by atoms with Gasteiger partial charge in [0.15, 0.2) is 0 Å². The summed E-state index contributed by atoms with van der Waals surface area (Å²) in [6.07, 6.45) is 6.83. The fourth-order valence-corrected chi connectivity index (χ4v) is 1.28. The van der Waals surface area contributed by atoms with Gasteiger partial charge in [0.1, 0.15) is 5.75 Å². The number of allylic oxidation sites excluding steroid dienone is 3. The minimum absolute atomic E-state index is 0.171. The van der Waals surface area contributed by atoms with Gasteiger partial charge < -0.3 is 10.1 Å². The molecule has 0 bridgehead atoms. The van der Waals surface area contributed by atoms with Gasteiger partial charge in [0.2, 0.25) is 5.91 Å². The largest absolute Gasteiger partial charge is 0.492 e. The average Bonchev–Trinajstić information content (AvgIpc) is 2.32. The first-order chi connectivity index (χ1) is 8.27. The summed E-state index contributed by atoms with van der Waals surface area (Å²) in [5.41, 5.74) is 0.685. The van der Waals surface area contributed by atoms with E-state index in [1.165, 1.54) is 6.08 Å². The highest BCUT2D eigenvalue weighted by atomic mass is 16.5. The number of hydrogen-bond donors (Lipinski definition) is 1. The highest BCUT2D eigenvalue weighted by Gasteiger charge is 2.03. The zero-order chi connectivity index (χ0) is 12.5. The van der Waals surface area contributed by atoms with Crippen LogP contribution in [0.1, 0.15) is 13.8 Å². The molecule has 3 nitrogen and oxygen atoms in total. The maximum Gasteiger partial charge on any atom is 0.248 e. The highest BCUT2D eigenvalue weighted by Crippen LogP contribution is 2.23. The summed E-state index contributed by atoms with van der Waals surface area (Å²) in [7, 11) is 0. The average molecular weight is 231 g/mol. The Balaban J connectivity index is 2.70. The third-order valence-corrected chi connectivity index (χ3v) is 2.00. The van der Waals surface area contributed by atoms with Crippen LogP contribution in [0.25, 0.3) is 0 Å². The minimum Gasteiger partial charge on any atom is -0.492 e. The number of ether oxygens (including phenoxy) is 1. The molecule has 0 aliphatic rings. The molecule has 0 aromatic heterocycles. The molecule has 0 saturated carbocycles. The SMILES string of the molecule is C/C=C/C=C/C(=O)Nc1ccccc1OCC. The molecular weight excluding hydrogens is 214 g/mol. The van der Waals surface area contributed by atoms with Gasteiger partial charge in [-0.05, 0) is 26.0 Å². The van der Waals surface area contributed by atoms with E-state index in [-0.39, 0.29) is 5.91 Å². The van der Waals surface area contributed by atoms with Crippen molar-refractivity contribution >= 4 is 11.6 Å². The van der Waals surface area contributed by atoms with Crippen LogP contribution in [0.15, 0.2) is 48.6 Å². The summed E-state index contributed by atoms with van der Waals surface area (Å²) < 4.78 is 5.41. The van der Waals surface area contributed by atoms with Gasteiger partial charge in [-0.15, -0.1) is 0 Å². The Labute approximate surface area is 102 Å². The van der Waals surface area contributed by atoms with Crippen LogP contribution in [0.5, 0.6) is 5.75 Å². The van der Waals surface area contributed by atoms with Gasteiger partial charge in [0.25, 0.3) is 0 Å². The van der Waals surface area contributed by atoms with Crippen LogP contribution in [0.3, 0.4) is 0 Å². The van der Waals surface area contributed by atoms with E-state index in [1.54, 1.807) is 12.2 Å². The second-order valence-electron chi connectivity index (χ2n) is 3.30. The summed E-state index contributed by atoms with van der Waals surface area (Å²) in [4.78, 5) is 11.6. The fourth-order valence-electron chi connectivity index (χ4n) is 1.28. The molecule has 1 aromatic rings. The maximum absolute atomic E-state index is 11.6.